The van der Waals surface area contributed by atoms with Gasteiger partial charge >= 0.3 is 0 Å². The predicted octanol–water partition coefficient (Wildman–Crippen LogP) is 0.760. The molecule has 1 aliphatic heterocycles. The number of ether oxygens (including phenoxy) is 1. The van der Waals surface area contributed by atoms with Gasteiger partial charge in [-0.25, -0.2) is 0 Å². The van der Waals surface area contributed by atoms with Crippen LogP contribution in [0.2, 0.25) is 0 Å². The maximum atomic E-state index is 5.69. The predicted molar refractivity (Wildman–Crippen MR) is 39.6 cm³/mol. The molecule has 0 amide bonds. The van der Waals surface area contributed by atoms with Crippen LogP contribution in [0.15, 0.2) is 0 Å². The second kappa shape index (κ2) is 1.95. The zero-order chi connectivity index (χ0) is 7.19. The quantitative estimate of drug-likeness (QED) is 0.616. The second-order valence-corrected chi connectivity index (χ2v) is 3.97. The minimum atomic E-state index is 0.380. The van der Waals surface area contributed by atoms with Crippen LogP contribution >= 0.6 is 0 Å². The molecule has 0 radical (unpaired) electrons. The minimum Gasteiger partial charge on any atom is -0.380 e. The van der Waals surface area contributed by atoms with Crippen molar-refractivity contribution in [3.63, 3.8) is 0 Å². The fraction of sp³-hybridized carbons (Fsp3) is 1.00. The Labute approximate surface area is 61.7 Å². The summed E-state index contributed by atoms with van der Waals surface area (Å²) in [4.78, 5) is 0. The van der Waals surface area contributed by atoms with Crippen molar-refractivity contribution >= 4 is 0 Å². The fourth-order valence-corrected chi connectivity index (χ4v) is 1.93. The van der Waals surface area contributed by atoms with Crippen molar-refractivity contribution in [3.8, 4) is 0 Å². The van der Waals surface area contributed by atoms with E-state index in [4.69, 9.17) is 10.5 Å². The lowest BCUT2D eigenvalue weighted by Gasteiger charge is -2.27. The maximum Gasteiger partial charge on any atom is 0.0547 e. The summed E-state index contributed by atoms with van der Waals surface area (Å²) in [7, 11) is 0. The highest BCUT2D eigenvalue weighted by Crippen LogP contribution is 2.59. The first-order chi connectivity index (χ1) is 4.73. The van der Waals surface area contributed by atoms with Gasteiger partial charge < -0.3 is 10.5 Å². The minimum absolute atomic E-state index is 0.380. The summed E-state index contributed by atoms with van der Waals surface area (Å²) >= 11 is 0. The summed E-state index contributed by atoms with van der Waals surface area (Å²) < 4.78 is 5.17. The molecule has 0 bridgehead atoms. The number of rotatable bonds is 2. The highest BCUT2D eigenvalue weighted by molar-refractivity contribution is 5.06. The van der Waals surface area contributed by atoms with Gasteiger partial charge in [0.05, 0.1) is 13.2 Å². The van der Waals surface area contributed by atoms with E-state index in [9.17, 15) is 0 Å². The molecule has 2 aliphatic rings. The standard InChI is InChI=1S/C8H15NO/c1-6(9)2-7-3-8(7)4-10-5-8/h6-7H,2-5,9H2,1H3. The molecular weight excluding hydrogens is 126 g/mol. The third kappa shape index (κ3) is 0.867. The smallest absolute Gasteiger partial charge is 0.0547 e. The van der Waals surface area contributed by atoms with Crippen LogP contribution in [0.3, 0.4) is 0 Å². The van der Waals surface area contributed by atoms with Crippen LogP contribution in [0.4, 0.5) is 0 Å². The normalized spacial score (nSPS) is 37.2. The average Bonchev–Trinajstić information content (AvgIpc) is 2.37. The van der Waals surface area contributed by atoms with Crippen LogP contribution in [0.1, 0.15) is 19.8 Å². The SMILES string of the molecule is CC(N)CC1CC12COC2. The second-order valence-electron chi connectivity index (χ2n) is 3.97. The van der Waals surface area contributed by atoms with Gasteiger partial charge in [0.2, 0.25) is 0 Å². The molecule has 2 heteroatoms. The molecule has 2 N–H and O–H groups in total. The van der Waals surface area contributed by atoms with Crippen molar-refractivity contribution < 1.29 is 4.74 Å². The largest absolute Gasteiger partial charge is 0.380 e. The first-order valence-electron chi connectivity index (χ1n) is 4.06. The Bertz CT molecular complexity index is 140. The molecule has 0 aromatic heterocycles. The first kappa shape index (κ1) is 6.62. The fourth-order valence-electron chi connectivity index (χ4n) is 1.93. The van der Waals surface area contributed by atoms with Crippen LogP contribution in [0.5, 0.6) is 0 Å². The molecular formula is C8H15NO. The summed E-state index contributed by atoms with van der Waals surface area (Å²) in [5.41, 5.74) is 6.31. The van der Waals surface area contributed by atoms with Crippen molar-refractivity contribution in [3.05, 3.63) is 0 Å². The third-order valence-electron chi connectivity index (χ3n) is 2.79. The van der Waals surface area contributed by atoms with E-state index < -0.39 is 0 Å². The molecule has 1 heterocycles. The van der Waals surface area contributed by atoms with Gasteiger partial charge in [-0.15, -0.1) is 0 Å². The summed E-state index contributed by atoms with van der Waals surface area (Å²) in [6.07, 6.45) is 2.57. The van der Waals surface area contributed by atoms with Gasteiger partial charge in [-0.05, 0) is 25.7 Å². The number of hydrogen-bond donors (Lipinski definition) is 1. The van der Waals surface area contributed by atoms with Crippen molar-refractivity contribution in [2.24, 2.45) is 17.1 Å². The molecule has 2 atom stereocenters. The van der Waals surface area contributed by atoms with E-state index >= 15 is 0 Å². The number of nitrogens with two attached hydrogens (primary N) is 1. The van der Waals surface area contributed by atoms with Crippen LogP contribution in [-0.4, -0.2) is 19.3 Å². The van der Waals surface area contributed by atoms with E-state index in [2.05, 4.69) is 6.92 Å². The molecule has 1 saturated carbocycles. The first-order valence-corrected chi connectivity index (χ1v) is 4.06. The van der Waals surface area contributed by atoms with E-state index in [0.717, 1.165) is 19.1 Å². The van der Waals surface area contributed by atoms with Gasteiger partial charge in [-0.1, -0.05) is 0 Å². The molecule has 2 rings (SSSR count). The molecule has 10 heavy (non-hydrogen) atoms. The van der Waals surface area contributed by atoms with Crippen molar-refractivity contribution in [2.75, 3.05) is 13.2 Å². The monoisotopic (exact) mass is 141 g/mol. The van der Waals surface area contributed by atoms with E-state index in [-0.39, 0.29) is 0 Å². The average molecular weight is 141 g/mol. The Balaban J connectivity index is 1.79. The van der Waals surface area contributed by atoms with Crippen molar-refractivity contribution in [2.45, 2.75) is 25.8 Å². The van der Waals surface area contributed by atoms with E-state index in [1.807, 2.05) is 0 Å². The summed E-state index contributed by atoms with van der Waals surface area (Å²) in [5.74, 6) is 0.890. The Hall–Kier alpha value is -0.0800. The third-order valence-corrected chi connectivity index (χ3v) is 2.79. The van der Waals surface area contributed by atoms with Gasteiger partial charge in [0, 0.05) is 11.5 Å². The molecule has 0 aromatic rings. The highest BCUT2D eigenvalue weighted by Gasteiger charge is 2.58. The Kier molecular flexibility index (Phi) is 1.29. The topological polar surface area (TPSA) is 35.2 Å². The van der Waals surface area contributed by atoms with Gasteiger partial charge in [-0.3, -0.25) is 0 Å². The molecule has 1 aliphatic carbocycles. The summed E-state index contributed by atoms with van der Waals surface area (Å²) in [6.45, 7) is 4.10. The van der Waals surface area contributed by atoms with E-state index in [1.54, 1.807) is 0 Å². The van der Waals surface area contributed by atoms with Crippen LogP contribution in [-0.2, 0) is 4.74 Å². The Morgan fingerprint density at radius 2 is 2.40 bits per heavy atom. The molecule has 58 valence electrons. The molecule has 1 saturated heterocycles. The number of hydrogen-bond acceptors (Lipinski definition) is 2. The zero-order valence-electron chi connectivity index (χ0n) is 6.47. The highest BCUT2D eigenvalue weighted by atomic mass is 16.5. The molecule has 0 aromatic carbocycles. The van der Waals surface area contributed by atoms with Gasteiger partial charge in [0.15, 0.2) is 0 Å². The zero-order valence-corrected chi connectivity index (χ0v) is 6.47. The van der Waals surface area contributed by atoms with Gasteiger partial charge in [0.1, 0.15) is 0 Å². The lowest BCUT2D eigenvalue weighted by atomic mass is 9.99. The molecule has 2 unspecified atom stereocenters. The van der Waals surface area contributed by atoms with E-state index in [0.29, 0.717) is 11.5 Å². The van der Waals surface area contributed by atoms with Gasteiger partial charge in [0.25, 0.3) is 0 Å². The Morgan fingerprint density at radius 3 is 2.70 bits per heavy atom. The molecule has 1 spiro atoms. The van der Waals surface area contributed by atoms with E-state index in [1.165, 1.54) is 12.8 Å². The van der Waals surface area contributed by atoms with Crippen LogP contribution in [0.25, 0.3) is 0 Å². The lowest BCUT2D eigenvalue weighted by Crippen LogP contribution is -2.32. The summed E-state index contributed by atoms with van der Waals surface area (Å²) in [6, 6.07) is 0.380. The van der Waals surface area contributed by atoms with Gasteiger partial charge in [-0.2, -0.15) is 0 Å². The Morgan fingerprint density at radius 1 is 1.70 bits per heavy atom. The maximum absolute atomic E-state index is 5.69. The molecule has 2 nitrogen and oxygen atoms in total. The van der Waals surface area contributed by atoms with Crippen molar-refractivity contribution in [1.29, 1.82) is 0 Å². The van der Waals surface area contributed by atoms with Crippen LogP contribution in [0, 0.1) is 11.3 Å². The van der Waals surface area contributed by atoms with Crippen LogP contribution < -0.4 is 5.73 Å². The van der Waals surface area contributed by atoms with Crippen molar-refractivity contribution in [1.82, 2.24) is 0 Å². The summed E-state index contributed by atoms with van der Waals surface area (Å²) in [5, 5.41) is 0. The lowest BCUT2D eigenvalue weighted by molar-refractivity contribution is -0.0595. The molecule has 2 fully saturated rings.